The zero-order valence-electron chi connectivity index (χ0n) is 29.5. The van der Waals surface area contributed by atoms with Crippen LogP contribution in [0.5, 0.6) is 0 Å². The first-order valence-corrected chi connectivity index (χ1v) is 17.2. The van der Waals surface area contributed by atoms with Crippen molar-refractivity contribution in [2.45, 2.75) is 92.4 Å². The second kappa shape index (κ2) is 12.4. The molecule has 4 aromatic rings. The van der Waals surface area contributed by atoms with Crippen LogP contribution >= 0.6 is 11.6 Å². The van der Waals surface area contributed by atoms with Crippen molar-refractivity contribution in [1.82, 2.24) is 0 Å². The molecule has 1 atom stereocenters. The van der Waals surface area contributed by atoms with E-state index in [-0.39, 0.29) is 16.9 Å². The molecule has 0 saturated carbocycles. The normalized spacial score (nSPS) is 19.0. The van der Waals surface area contributed by atoms with Crippen LogP contribution < -0.4 is 21.1 Å². The molecule has 0 radical (unpaired) electrons. The van der Waals surface area contributed by atoms with Gasteiger partial charge in [0.05, 0.1) is 33.2 Å². The molecule has 0 spiro atoms. The molecule has 2 aliphatic rings. The van der Waals surface area contributed by atoms with Crippen molar-refractivity contribution in [3.8, 4) is 11.1 Å². The highest BCUT2D eigenvalue weighted by Gasteiger charge is 2.52. The third-order valence-corrected chi connectivity index (χ3v) is 10.9. The average Bonchev–Trinajstić information content (AvgIpc) is 3.24. The second-order valence-electron chi connectivity index (χ2n) is 15.3. The molecule has 2 fully saturated rings. The molecule has 3 heterocycles. The molecular weight excluding hydrogens is 623 g/mol. The summed E-state index contributed by atoms with van der Waals surface area (Å²) in [5, 5.41) is 4.78. The Balaban J connectivity index is 1.37. The Hall–Kier alpha value is -3.59. The van der Waals surface area contributed by atoms with Gasteiger partial charge in [-0.05, 0) is 108 Å². The fourth-order valence-electron chi connectivity index (χ4n) is 6.76. The maximum atomic E-state index is 13.8. The lowest BCUT2D eigenvalue weighted by molar-refractivity contribution is 0.00578. The van der Waals surface area contributed by atoms with Gasteiger partial charge in [0, 0.05) is 35.5 Å². The molecule has 1 aromatic heterocycles. The molecule has 1 N–H and O–H groups in total. The maximum absolute atomic E-state index is 13.8. The van der Waals surface area contributed by atoms with Gasteiger partial charge in [-0.1, -0.05) is 49.7 Å². The number of aryl methyl sites for hydroxylation is 1. The monoisotopic (exact) mass is 668 g/mol. The quantitative estimate of drug-likeness (QED) is 0.156. The molecule has 3 aromatic carbocycles. The van der Waals surface area contributed by atoms with Crippen LogP contribution in [-0.4, -0.2) is 37.7 Å². The Morgan fingerprint density at radius 1 is 0.958 bits per heavy atom. The van der Waals surface area contributed by atoms with E-state index in [1.807, 2.05) is 84.0 Å². The lowest BCUT2D eigenvalue weighted by atomic mass is 9.75. The fourth-order valence-corrected chi connectivity index (χ4v) is 7.04. The molecule has 7 nitrogen and oxygen atoms in total. The summed E-state index contributed by atoms with van der Waals surface area (Å²) in [7, 11) is -0.665. The van der Waals surface area contributed by atoms with Gasteiger partial charge in [0.2, 0.25) is 5.88 Å². The molecule has 0 unspecified atom stereocenters. The average molecular weight is 669 g/mol. The Morgan fingerprint density at radius 3 is 2.27 bits per heavy atom. The minimum atomic E-state index is -0.665. The Kier molecular flexibility index (Phi) is 8.85. The van der Waals surface area contributed by atoms with Crippen LogP contribution in [-0.2, 0) is 9.31 Å². The number of benzene rings is 3. The third kappa shape index (κ3) is 6.19. The van der Waals surface area contributed by atoms with Gasteiger partial charge in [-0.3, -0.25) is 9.59 Å². The van der Waals surface area contributed by atoms with Crippen LogP contribution in [0, 0.1) is 19.3 Å². The van der Waals surface area contributed by atoms with Crippen LogP contribution in [0.2, 0.25) is 5.02 Å². The zero-order valence-corrected chi connectivity index (χ0v) is 30.3. The second-order valence-corrected chi connectivity index (χ2v) is 15.7. The van der Waals surface area contributed by atoms with Gasteiger partial charge >= 0.3 is 7.12 Å². The first kappa shape index (κ1) is 34.3. The molecule has 252 valence electrons. The number of hydrogen-bond acceptors (Lipinski definition) is 7. The molecule has 2 saturated heterocycles. The number of halogens is 1. The molecule has 0 bridgehead atoms. The number of carbonyl (C=O) groups excluding carboxylic acids is 1. The van der Waals surface area contributed by atoms with E-state index >= 15 is 0 Å². The summed E-state index contributed by atoms with van der Waals surface area (Å²) in [6.07, 6.45) is 2.90. The van der Waals surface area contributed by atoms with Gasteiger partial charge in [-0.2, -0.15) is 0 Å². The number of anilines is 2. The van der Waals surface area contributed by atoms with Crippen molar-refractivity contribution in [2.75, 3.05) is 23.3 Å². The van der Waals surface area contributed by atoms with E-state index in [4.69, 9.17) is 25.3 Å². The van der Waals surface area contributed by atoms with Crippen molar-refractivity contribution in [3.05, 3.63) is 86.0 Å². The zero-order chi connectivity index (χ0) is 34.8. The summed E-state index contributed by atoms with van der Waals surface area (Å²) in [6, 6.07) is 15.1. The van der Waals surface area contributed by atoms with E-state index in [0.29, 0.717) is 38.5 Å². The number of hydrogen-bond donors (Lipinski definition) is 1. The molecule has 2 aliphatic heterocycles. The number of aldehydes is 1. The number of fused-ring (bicyclic) bond motifs is 1. The predicted molar refractivity (Wildman–Crippen MR) is 197 cm³/mol. The number of rotatable bonds is 7. The highest BCUT2D eigenvalue weighted by Crippen LogP contribution is 2.40. The lowest BCUT2D eigenvalue weighted by Crippen LogP contribution is -2.41. The van der Waals surface area contributed by atoms with Crippen molar-refractivity contribution >= 4 is 53.0 Å². The van der Waals surface area contributed by atoms with E-state index < -0.39 is 18.3 Å². The maximum Gasteiger partial charge on any atom is 0.495 e. The predicted octanol–water partition coefficient (Wildman–Crippen LogP) is 8.64. The fraction of sp³-hybridized carbons (Fsp3) is 0.436. The van der Waals surface area contributed by atoms with Gasteiger partial charge in [0.25, 0.3) is 0 Å². The number of carbonyl (C=O) groups is 1. The minimum absolute atomic E-state index is 0.000146. The van der Waals surface area contributed by atoms with Crippen LogP contribution in [0.25, 0.3) is 22.1 Å². The standard InChI is InChI=1S/C39H46BClN2O5/c1-23-19-28(35-29(20-23)34(45)24(2)36(46-35)43-17-15-37(4,5)16-18-43)25(3)42-32-12-10-11-31(41)33(32)26-13-14-30(27(21-26)22-44)40-47-38(6,7)39(8,9)48-40/h10-14,19-22,25,42H,15-18H2,1-9H3/t25-/m1/s1. The van der Waals surface area contributed by atoms with Crippen molar-refractivity contribution in [2.24, 2.45) is 5.41 Å². The van der Waals surface area contributed by atoms with Gasteiger partial charge in [0.1, 0.15) is 11.9 Å². The molecule has 9 heteroatoms. The molecule has 48 heavy (non-hydrogen) atoms. The van der Waals surface area contributed by atoms with E-state index in [1.54, 1.807) is 0 Å². The molecule has 0 aliphatic carbocycles. The van der Waals surface area contributed by atoms with Crippen molar-refractivity contribution in [3.63, 3.8) is 0 Å². The summed E-state index contributed by atoms with van der Waals surface area (Å²) in [4.78, 5) is 28.4. The minimum Gasteiger partial charge on any atom is -0.440 e. The number of nitrogens with zero attached hydrogens (tertiary/aromatic N) is 1. The van der Waals surface area contributed by atoms with Crippen LogP contribution in [0.1, 0.15) is 94.4 Å². The summed E-state index contributed by atoms with van der Waals surface area (Å²) in [5.74, 6) is 0.659. The first-order chi connectivity index (χ1) is 22.5. The van der Waals surface area contributed by atoms with Gasteiger partial charge in [0.15, 0.2) is 5.43 Å². The summed E-state index contributed by atoms with van der Waals surface area (Å²) >= 11 is 6.87. The highest BCUT2D eigenvalue weighted by atomic mass is 35.5. The summed E-state index contributed by atoms with van der Waals surface area (Å²) in [6.45, 7) is 20.2. The topological polar surface area (TPSA) is 81.0 Å². The van der Waals surface area contributed by atoms with Crippen molar-refractivity contribution in [1.29, 1.82) is 0 Å². The molecular formula is C39H46BClN2O5. The Bertz CT molecular complexity index is 1940. The number of piperidine rings is 1. The lowest BCUT2D eigenvalue weighted by Gasteiger charge is -2.37. The summed E-state index contributed by atoms with van der Waals surface area (Å²) < 4.78 is 19.2. The van der Waals surface area contributed by atoms with Gasteiger partial charge in [-0.15, -0.1) is 0 Å². The van der Waals surface area contributed by atoms with E-state index in [2.05, 4.69) is 37.1 Å². The van der Waals surface area contributed by atoms with E-state index in [9.17, 15) is 9.59 Å². The van der Waals surface area contributed by atoms with Crippen LogP contribution in [0.15, 0.2) is 57.7 Å². The molecule has 6 rings (SSSR count). The third-order valence-electron chi connectivity index (χ3n) is 10.6. The first-order valence-electron chi connectivity index (χ1n) is 16.8. The Morgan fingerprint density at radius 2 is 1.62 bits per heavy atom. The smallest absolute Gasteiger partial charge is 0.440 e. The van der Waals surface area contributed by atoms with Crippen molar-refractivity contribution < 1.29 is 18.5 Å². The summed E-state index contributed by atoms with van der Waals surface area (Å²) in [5.41, 5.74) is 5.79. The highest BCUT2D eigenvalue weighted by molar-refractivity contribution is 6.63. The van der Waals surface area contributed by atoms with Crippen LogP contribution in [0.3, 0.4) is 0 Å². The SMILES string of the molecule is Cc1cc([C@@H](C)Nc2cccc(Cl)c2-c2ccc(B3OC(C)(C)C(C)(C)O3)c(C=O)c2)c2oc(N3CCC(C)(C)CC3)c(C)c(=O)c2c1. The Labute approximate surface area is 289 Å². The molecule has 0 amide bonds. The van der Waals surface area contributed by atoms with E-state index in [0.717, 1.165) is 60.2 Å². The van der Waals surface area contributed by atoms with Crippen LogP contribution in [0.4, 0.5) is 11.6 Å². The van der Waals surface area contributed by atoms with Gasteiger partial charge in [-0.25, -0.2) is 0 Å². The van der Waals surface area contributed by atoms with E-state index in [1.165, 1.54) is 0 Å². The largest absolute Gasteiger partial charge is 0.495 e. The van der Waals surface area contributed by atoms with Gasteiger partial charge < -0.3 is 23.9 Å². The number of nitrogens with one attached hydrogen (secondary N) is 1.